The van der Waals surface area contributed by atoms with Crippen LogP contribution in [-0.2, 0) is 6.54 Å². The number of pyridine rings is 1. The summed E-state index contributed by atoms with van der Waals surface area (Å²) in [6.45, 7) is 0.251. The summed E-state index contributed by atoms with van der Waals surface area (Å²) >= 11 is 5.93. The van der Waals surface area contributed by atoms with Crippen molar-refractivity contribution in [3.63, 3.8) is 0 Å². The number of rotatable bonds is 4. The molecule has 0 unspecified atom stereocenters. The van der Waals surface area contributed by atoms with Crippen molar-refractivity contribution in [2.75, 3.05) is 0 Å². The molecule has 0 bridgehead atoms. The van der Waals surface area contributed by atoms with Gasteiger partial charge in [0, 0.05) is 24.3 Å². The molecule has 3 rings (SSSR count). The van der Waals surface area contributed by atoms with Gasteiger partial charge in [-0.3, -0.25) is 9.78 Å². The van der Waals surface area contributed by atoms with Crippen molar-refractivity contribution in [3.05, 3.63) is 58.8 Å². The summed E-state index contributed by atoms with van der Waals surface area (Å²) < 4.78 is 1.41. The van der Waals surface area contributed by atoms with Gasteiger partial charge in [0.1, 0.15) is 0 Å². The lowest BCUT2D eigenvalue weighted by Gasteiger charge is -2.07. The third kappa shape index (κ3) is 3.00. The van der Waals surface area contributed by atoms with E-state index < -0.39 is 11.9 Å². The molecule has 1 aromatic carbocycles. The van der Waals surface area contributed by atoms with Crippen LogP contribution in [0.1, 0.15) is 26.7 Å². The number of hydrogen-bond acceptors (Lipinski definition) is 4. The van der Waals surface area contributed by atoms with Gasteiger partial charge in [0.05, 0.1) is 10.5 Å². The molecule has 0 saturated heterocycles. The number of nitrogens with zero attached hydrogens (tertiary/aromatic N) is 3. The average Bonchev–Trinajstić information content (AvgIpc) is 2.91. The van der Waals surface area contributed by atoms with Crippen molar-refractivity contribution in [2.45, 2.75) is 6.54 Å². The van der Waals surface area contributed by atoms with E-state index in [0.29, 0.717) is 5.02 Å². The van der Waals surface area contributed by atoms with Gasteiger partial charge in [0.15, 0.2) is 11.5 Å². The second-order valence-electron chi connectivity index (χ2n) is 4.93. The largest absolute Gasteiger partial charge is 0.476 e. The number of primary amides is 1. The van der Waals surface area contributed by atoms with Gasteiger partial charge in [-0.25, -0.2) is 9.78 Å². The highest BCUT2D eigenvalue weighted by Gasteiger charge is 2.17. The van der Waals surface area contributed by atoms with E-state index >= 15 is 0 Å². The summed E-state index contributed by atoms with van der Waals surface area (Å²) in [5.41, 5.74) is 6.63. The summed E-state index contributed by atoms with van der Waals surface area (Å²) in [6.07, 6.45) is 2.84. The van der Waals surface area contributed by atoms with Crippen LogP contribution in [0.15, 0.2) is 36.7 Å². The van der Waals surface area contributed by atoms with Crippen LogP contribution in [0, 0.1) is 0 Å². The van der Waals surface area contributed by atoms with Crippen LogP contribution in [0.3, 0.4) is 0 Å². The minimum atomic E-state index is -1.22. The Balaban J connectivity index is 2.01. The van der Waals surface area contributed by atoms with E-state index in [0.717, 1.165) is 16.5 Å². The highest BCUT2D eigenvalue weighted by atomic mass is 35.5. The van der Waals surface area contributed by atoms with Crippen molar-refractivity contribution in [1.29, 1.82) is 0 Å². The second kappa shape index (κ2) is 5.69. The molecule has 1 amide bonds. The van der Waals surface area contributed by atoms with E-state index in [1.807, 2.05) is 18.2 Å². The number of aromatic carboxylic acids is 1. The number of carbonyl (C=O) groups is 2. The first-order chi connectivity index (χ1) is 10.9. The molecule has 2 heterocycles. The molecular formula is C15H11ClN4O3. The Morgan fingerprint density at radius 1 is 1.30 bits per heavy atom. The van der Waals surface area contributed by atoms with Gasteiger partial charge in [0.25, 0.3) is 5.91 Å². The predicted octanol–water partition coefficient (Wildman–Crippen LogP) is 1.93. The van der Waals surface area contributed by atoms with Gasteiger partial charge in [-0.05, 0) is 23.8 Å². The molecule has 0 aliphatic carbocycles. The summed E-state index contributed by atoms with van der Waals surface area (Å²) in [5.74, 6) is -2.12. The molecule has 0 radical (unpaired) electrons. The standard InChI is InChI=1S/C15H11ClN4O3/c16-10-4-9-3-8(1-2-11(9)18-5-10)6-20-7-12(15(22)23)19-14(20)13(17)21/h1-5,7H,6H2,(H2,17,21)(H,22,23). The molecule has 0 aliphatic rings. The number of benzene rings is 1. The van der Waals surface area contributed by atoms with Crippen LogP contribution in [-0.4, -0.2) is 31.5 Å². The first kappa shape index (κ1) is 15.0. The first-order valence-corrected chi connectivity index (χ1v) is 6.96. The molecule has 3 aromatic rings. The van der Waals surface area contributed by atoms with Gasteiger partial charge < -0.3 is 15.4 Å². The van der Waals surface area contributed by atoms with Crippen molar-refractivity contribution >= 4 is 34.4 Å². The Morgan fingerprint density at radius 2 is 2.09 bits per heavy atom. The number of halogens is 1. The number of hydrogen-bond donors (Lipinski definition) is 2. The Labute approximate surface area is 135 Å². The van der Waals surface area contributed by atoms with Crippen molar-refractivity contribution in [2.24, 2.45) is 5.73 Å². The fourth-order valence-electron chi connectivity index (χ4n) is 2.29. The zero-order valence-electron chi connectivity index (χ0n) is 11.7. The van der Waals surface area contributed by atoms with E-state index in [4.69, 9.17) is 22.4 Å². The van der Waals surface area contributed by atoms with Gasteiger partial charge in [-0.1, -0.05) is 17.7 Å². The second-order valence-corrected chi connectivity index (χ2v) is 5.36. The van der Waals surface area contributed by atoms with Gasteiger partial charge in [-0.15, -0.1) is 0 Å². The van der Waals surface area contributed by atoms with Gasteiger partial charge in [-0.2, -0.15) is 0 Å². The van der Waals surface area contributed by atoms with Crippen LogP contribution >= 0.6 is 11.6 Å². The average molecular weight is 331 g/mol. The molecule has 7 nitrogen and oxygen atoms in total. The number of carboxylic acid groups (broad SMARTS) is 1. The SMILES string of the molecule is NC(=O)c1nc(C(=O)O)cn1Cc1ccc2ncc(Cl)cc2c1. The number of amides is 1. The minimum absolute atomic E-state index is 0.105. The maximum atomic E-state index is 11.4. The number of imidazole rings is 1. The lowest BCUT2D eigenvalue weighted by Crippen LogP contribution is -2.18. The zero-order chi connectivity index (χ0) is 16.6. The number of nitrogens with two attached hydrogens (primary N) is 1. The number of aromatic nitrogens is 3. The Morgan fingerprint density at radius 3 is 2.78 bits per heavy atom. The normalized spacial score (nSPS) is 10.8. The highest BCUT2D eigenvalue weighted by molar-refractivity contribution is 6.31. The van der Waals surface area contributed by atoms with Crippen molar-refractivity contribution < 1.29 is 14.7 Å². The fraction of sp³-hybridized carbons (Fsp3) is 0.0667. The molecule has 0 spiro atoms. The number of carbonyl (C=O) groups excluding carboxylic acids is 1. The van der Waals surface area contributed by atoms with Crippen molar-refractivity contribution in [3.8, 4) is 0 Å². The minimum Gasteiger partial charge on any atom is -0.476 e. The summed E-state index contributed by atoms with van der Waals surface area (Å²) in [5, 5.41) is 10.4. The first-order valence-electron chi connectivity index (χ1n) is 6.58. The van der Waals surface area contributed by atoms with Crippen LogP contribution in [0.2, 0.25) is 5.02 Å². The predicted molar refractivity (Wildman–Crippen MR) is 83.6 cm³/mol. The lowest BCUT2D eigenvalue weighted by molar-refractivity contribution is 0.0691. The third-order valence-corrected chi connectivity index (χ3v) is 3.49. The highest BCUT2D eigenvalue weighted by Crippen LogP contribution is 2.19. The number of carboxylic acids is 1. The monoisotopic (exact) mass is 330 g/mol. The summed E-state index contributed by atoms with van der Waals surface area (Å²) in [6, 6.07) is 7.28. The molecule has 0 fully saturated rings. The molecule has 116 valence electrons. The molecule has 3 N–H and O–H groups in total. The fourth-order valence-corrected chi connectivity index (χ4v) is 2.45. The van der Waals surface area contributed by atoms with Crippen molar-refractivity contribution in [1.82, 2.24) is 14.5 Å². The van der Waals surface area contributed by atoms with Crippen LogP contribution in [0.4, 0.5) is 0 Å². The van der Waals surface area contributed by atoms with E-state index in [1.165, 1.54) is 10.8 Å². The van der Waals surface area contributed by atoms with Crippen LogP contribution < -0.4 is 5.73 Å². The smallest absolute Gasteiger partial charge is 0.356 e. The molecule has 0 saturated carbocycles. The molecular weight excluding hydrogens is 320 g/mol. The molecule has 8 heteroatoms. The third-order valence-electron chi connectivity index (χ3n) is 3.28. The summed E-state index contributed by atoms with van der Waals surface area (Å²) in [4.78, 5) is 30.4. The number of fused-ring (bicyclic) bond motifs is 1. The van der Waals surface area contributed by atoms with Gasteiger partial charge in [0.2, 0.25) is 0 Å². The van der Waals surface area contributed by atoms with Gasteiger partial charge >= 0.3 is 5.97 Å². The lowest BCUT2D eigenvalue weighted by atomic mass is 10.1. The van der Waals surface area contributed by atoms with E-state index in [-0.39, 0.29) is 18.1 Å². The summed E-state index contributed by atoms with van der Waals surface area (Å²) in [7, 11) is 0. The van der Waals surface area contributed by atoms with Crippen LogP contribution in [0.25, 0.3) is 10.9 Å². The Kier molecular flexibility index (Phi) is 3.71. The quantitative estimate of drug-likeness (QED) is 0.759. The topological polar surface area (TPSA) is 111 Å². The molecule has 0 aliphatic heterocycles. The Hall–Kier alpha value is -2.93. The van der Waals surface area contributed by atoms with Crippen LogP contribution in [0.5, 0.6) is 0 Å². The van der Waals surface area contributed by atoms with E-state index in [9.17, 15) is 9.59 Å². The maximum absolute atomic E-state index is 11.4. The molecule has 0 atom stereocenters. The molecule has 23 heavy (non-hydrogen) atoms. The van der Waals surface area contributed by atoms with E-state index in [2.05, 4.69) is 9.97 Å². The zero-order valence-corrected chi connectivity index (χ0v) is 12.5. The molecule has 2 aromatic heterocycles. The Bertz CT molecular complexity index is 936. The van der Waals surface area contributed by atoms with E-state index in [1.54, 1.807) is 12.3 Å². The maximum Gasteiger partial charge on any atom is 0.356 e.